The number of nitrogens with one attached hydrogen (secondary N) is 1. The zero-order chi connectivity index (χ0) is 19.8. The van der Waals surface area contributed by atoms with Crippen molar-refractivity contribution in [1.29, 1.82) is 0 Å². The maximum Gasteiger partial charge on any atom is 0.281 e. The lowest BCUT2D eigenvalue weighted by atomic mass is 10.0. The largest absolute Gasteiger partial charge is 0.281 e. The molecule has 2 aromatic heterocycles. The first-order valence-corrected chi connectivity index (χ1v) is 10.3. The highest BCUT2D eigenvalue weighted by molar-refractivity contribution is 9.10. The topological polar surface area (TPSA) is 64.0 Å². The van der Waals surface area contributed by atoms with Gasteiger partial charge in [0.25, 0.3) is 11.5 Å². The van der Waals surface area contributed by atoms with Crippen molar-refractivity contribution in [3.63, 3.8) is 0 Å². The molecule has 0 saturated carbocycles. The van der Waals surface area contributed by atoms with Crippen LogP contribution in [0, 0.1) is 6.92 Å². The summed E-state index contributed by atoms with van der Waals surface area (Å²) in [6.07, 6.45) is 1.32. The van der Waals surface area contributed by atoms with Gasteiger partial charge in [-0.2, -0.15) is 0 Å². The summed E-state index contributed by atoms with van der Waals surface area (Å²) in [5.41, 5.74) is 4.26. The number of rotatable bonds is 3. The summed E-state index contributed by atoms with van der Waals surface area (Å²) in [7, 11) is 0. The molecule has 4 aromatic rings. The van der Waals surface area contributed by atoms with Crippen LogP contribution in [0.4, 0.5) is 0 Å². The molecule has 0 radical (unpaired) electrons. The van der Waals surface area contributed by atoms with E-state index in [1.54, 1.807) is 18.2 Å². The van der Waals surface area contributed by atoms with Crippen molar-refractivity contribution in [2.45, 2.75) is 6.92 Å². The number of hydrogen-bond donors (Lipinski definition) is 1. The molecule has 0 aliphatic heterocycles. The Labute approximate surface area is 177 Å². The molecule has 0 saturated heterocycles. The molecule has 0 fully saturated rings. The lowest BCUT2D eigenvalue weighted by molar-refractivity contribution is 0.101. The lowest BCUT2D eigenvalue weighted by Gasteiger charge is -2.10. The zero-order valence-electron chi connectivity index (χ0n) is 14.6. The Bertz CT molecular complexity index is 1270. The summed E-state index contributed by atoms with van der Waals surface area (Å²) in [6, 6.07) is 14.6. The minimum absolute atomic E-state index is 0.257. The van der Waals surface area contributed by atoms with E-state index < -0.39 is 5.91 Å². The fraction of sp³-hybridized carbons (Fsp3) is 0.0500. The average Bonchev–Trinajstić information content (AvgIpc) is 3.03. The van der Waals surface area contributed by atoms with Crippen LogP contribution in [0.5, 0.6) is 0 Å². The van der Waals surface area contributed by atoms with Crippen LogP contribution in [0.3, 0.4) is 0 Å². The van der Waals surface area contributed by atoms with E-state index in [1.807, 2.05) is 37.3 Å². The Morgan fingerprint density at radius 3 is 2.71 bits per heavy atom. The Morgan fingerprint density at radius 2 is 1.96 bits per heavy atom. The third kappa shape index (κ3) is 3.37. The number of fused-ring (bicyclic) bond motifs is 1. The SMILES string of the molecule is Cc1sc2ncn(NC(=O)c3cc(Br)ccc3Cl)c(=O)c2c1-c1ccccc1. The number of hydrogen-bond acceptors (Lipinski definition) is 4. The van der Waals surface area contributed by atoms with Gasteiger partial charge in [0.15, 0.2) is 0 Å². The molecular weight excluding hydrogens is 462 g/mol. The highest BCUT2D eigenvalue weighted by Crippen LogP contribution is 2.35. The number of carbonyl (C=O) groups is 1. The first-order chi connectivity index (χ1) is 13.5. The minimum Gasteiger partial charge on any atom is -0.267 e. The molecule has 4 rings (SSSR count). The second-order valence-electron chi connectivity index (χ2n) is 6.06. The Morgan fingerprint density at radius 1 is 1.21 bits per heavy atom. The summed E-state index contributed by atoms with van der Waals surface area (Å²) in [5.74, 6) is -0.497. The first kappa shape index (κ1) is 18.9. The van der Waals surface area contributed by atoms with E-state index in [0.717, 1.165) is 20.7 Å². The van der Waals surface area contributed by atoms with E-state index in [-0.39, 0.29) is 11.1 Å². The number of benzene rings is 2. The molecule has 2 aromatic carbocycles. The van der Waals surface area contributed by atoms with Crippen LogP contribution in [-0.2, 0) is 0 Å². The quantitative estimate of drug-likeness (QED) is 0.442. The maximum absolute atomic E-state index is 13.1. The molecule has 0 aliphatic rings. The van der Waals surface area contributed by atoms with Crippen LogP contribution >= 0.6 is 38.9 Å². The monoisotopic (exact) mass is 473 g/mol. The van der Waals surface area contributed by atoms with Gasteiger partial charge in [-0.15, -0.1) is 11.3 Å². The number of carbonyl (C=O) groups excluding carboxylic acids is 1. The van der Waals surface area contributed by atoms with E-state index in [2.05, 4.69) is 26.3 Å². The van der Waals surface area contributed by atoms with Crippen molar-refractivity contribution < 1.29 is 4.79 Å². The van der Waals surface area contributed by atoms with Crippen molar-refractivity contribution in [2.75, 3.05) is 5.43 Å². The van der Waals surface area contributed by atoms with Crippen molar-refractivity contribution in [3.05, 3.63) is 85.1 Å². The smallest absolute Gasteiger partial charge is 0.267 e. The van der Waals surface area contributed by atoms with Crippen LogP contribution in [0.25, 0.3) is 21.3 Å². The molecule has 0 aliphatic carbocycles. The molecule has 0 unspecified atom stereocenters. The van der Waals surface area contributed by atoms with Gasteiger partial charge in [0.2, 0.25) is 0 Å². The second kappa shape index (κ2) is 7.50. The molecular formula is C20H13BrClN3O2S. The molecule has 1 N–H and O–H groups in total. The van der Waals surface area contributed by atoms with Crippen molar-refractivity contribution in [1.82, 2.24) is 9.66 Å². The molecule has 0 atom stereocenters. The summed E-state index contributed by atoms with van der Waals surface area (Å²) in [6.45, 7) is 1.96. The normalized spacial score (nSPS) is 11.0. The zero-order valence-corrected chi connectivity index (χ0v) is 17.7. The van der Waals surface area contributed by atoms with Crippen LogP contribution in [-0.4, -0.2) is 15.6 Å². The number of thiophene rings is 1. The standard InChI is InChI=1S/C20H13BrClN3O2S/c1-11-16(12-5-3-2-4-6-12)17-19(28-11)23-10-25(20(17)27)24-18(26)14-9-13(21)7-8-15(14)22/h2-10H,1H3,(H,24,26). The fourth-order valence-corrected chi connectivity index (χ4v) is 4.54. The summed E-state index contributed by atoms with van der Waals surface area (Å²) >= 11 is 10.9. The van der Waals surface area contributed by atoms with Crippen LogP contribution < -0.4 is 11.0 Å². The molecule has 28 heavy (non-hydrogen) atoms. The fourth-order valence-electron chi connectivity index (χ4n) is 2.98. The van der Waals surface area contributed by atoms with Gasteiger partial charge in [0, 0.05) is 14.9 Å². The molecule has 140 valence electrons. The van der Waals surface area contributed by atoms with Gasteiger partial charge in [-0.3, -0.25) is 15.0 Å². The average molecular weight is 475 g/mol. The predicted molar refractivity (Wildman–Crippen MR) is 117 cm³/mol. The number of amides is 1. The van der Waals surface area contributed by atoms with Gasteiger partial charge in [-0.05, 0) is 30.7 Å². The van der Waals surface area contributed by atoms with E-state index >= 15 is 0 Å². The number of nitrogens with zero attached hydrogens (tertiary/aromatic N) is 2. The predicted octanol–water partition coefficient (Wildman–Crippen LogP) is 5.23. The minimum atomic E-state index is -0.497. The van der Waals surface area contributed by atoms with E-state index in [1.165, 1.54) is 17.7 Å². The third-order valence-electron chi connectivity index (χ3n) is 4.25. The van der Waals surface area contributed by atoms with Crippen molar-refractivity contribution >= 4 is 55.0 Å². The van der Waals surface area contributed by atoms with E-state index in [4.69, 9.17) is 11.6 Å². The van der Waals surface area contributed by atoms with Crippen LogP contribution in [0.2, 0.25) is 5.02 Å². The highest BCUT2D eigenvalue weighted by Gasteiger charge is 2.18. The molecule has 2 heterocycles. The molecule has 5 nitrogen and oxygen atoms in total. The third-order valence-corrected chi connectivity index (χ3v) is 6.08. The Balaban J connectivity index is 1.81. The molecule has 0 bridgehead atoms. The summed E-state index contributed by atoms with van der Waals surface area (Å²) in [4.78, 5) is 31.7. The Kier molecular flexibility index (Phi) is 5.05. The first-order valence-electron chi connectivity index (χ1n) is 8.28. The molecule has 8 heteroatoms. The number of halogens is 2. The van der Waals surface area contributed by atoms with Gasteiger partial charge in [0.1, 0.15) is 11.2 Å². The van der Waals surface area contributed by atoms with Gasteiger partial charge >= 0.3 is 0 Å². The van der Waals surface area contributed by atoms with Crippen molar-refractivity contribution in [3.8, 4) is 11.1 Å². The molecule has 1 amide bonds. The van der Waals surface area contributed by atoms with Gasteiger partial charge in [-0.25, -0.2) is 9.66 Å². The van der Waals surface area contributed by atoms with Crippen molar-refractivity contribution in [2.24, 2.45) is 0 Å². The molecule has 0 spiro atoms. The van der Waals surface area contributed by atoms with Crippen LogP contribution in [0.1, 0.15) is 15.2 Å². The van der Waals surface area contributed by atoms with Crippen LogP contribution in [0.15, 0.2) is 64.1 Å². The maximum atomic E-state index is 13.1. The van der Waals surface area contributed by atoms with Gasteiger partial charge < -0.3 is 0 Å². The Hall–Kier alpha value is -2.48. The number of aromatic nitrogens is 2. The highest BCUT2D eigenvalue weighted by atomic mass is 79.9. The van der Waals surface area contributed by atoms with E-state index in [9.17, 15) is 9.59 Å². The lowest BCUT2D eigenvalue weighted by Crippen LogP contribution is -2.33. The summed E-state index contributed by atoms with van der Waals surface area (Å²) in [5, 5.41) is 0.774. The second-order valence-corrected chi connectivity index (χ2v) is 8.59. The van der Waals surface area contributed by atoms with E-state index in [0.29, 0.717) is 19.7 Å². The van der Waals surface area contributed by atoms with Gasteiger partial charge in [0.05, 0.1) is 16.0 Å². The summed E-state index contributed by atoms with van der Waals surface area (Å²) < 4.78 is 1.81. The van der Waals surface area contributed by atoms with Gasteiger partial charge in [-0.1, -0.05) is 57.9 Å². The number of aryl methyl sites for hydroxylation is 1.